The summed E-state index contributed by atoms with van der Waals surface area (Å²) in [5.41, 5.74) is 8.38. The molecule has 4 aromatic rings. The first-order chi connectivity index (χ1) is 15.6. The average Bonchev–Trinajstić information content (AvgIpc) is 2.81. The van der Waals surface area contributed by atoms with E-state index in [1.54, 1.807) is 0 Å². The first-order valence-electron chi connectivity index (χ1n) is 10.9. The van der Waals surface area contributed by atoms with Gasteiger partial charge in [0.2, 0.25) is 0 Å². The SMILES string of the molecule is C[PH+](C)C.[CH3-].[Pt].[c-]1c2cccc1-c1ccccc1[N-]Cc1[c-]c(ccc1)-c1ccccc1[N-]C2. The van der Waals surface area contributed by atoms with Crippen molar-refractivity contribution < 1.29 is 21.1 Å². The van der Waals surface area contributed by atoms with Crippen molar-refractivity contribution in [2.75, 3.05) is 20.0 Å². The van der Waals surface area contributed by atoms with E-state index in [1.807, 2.05) is 24.3 Å². The molecule has 2 nitrogen and oxygen atoms in total. The van der Waals surface area contributed by atoms with Crippen molar-refractivity contribution in [1.82, 2.24) is 0 Å². The number of para-hydroxylation sites is 2. The molecule has 0 unspecified atom stereocenters. The second-order valence-corrected chi connectivity index (χ2v) is 11.3. The van der Waals surface area contributed by atoms with Crippen LogP contribution in [0.5, 0.6) is 0 Å². The van der Waals surface area contributed by atoms with E-state index >= 15 is 0 Å². The van der Waals surface area contributed by atoms with Crippen LogP contribution >= 0.6 is 7.92 Å². The summed E-state index contributed by atoms with van der Waals surface area (Å²) in [6.07, 6.45) is 0. The van der Waals surface area contributed by atoms with Gasteiger partial charge >= 0.3 is 0 Å². The van der Waals surface area contributed by atoms with E-state index in [9.17, 15) is 0 Å². The molecule has 4 heteroatoms. The minimum absolute atomic E-state index is 0. The number of nitrogens with zero attached hydrogens (tertiary/aromatic N) is 2. The Kier molecular flexibility index (Phi) is 11.0. The van der Waals surface area contributed by atoms with Gasteiger partial charge in [-0.15, -0.1) is 95.0 Å². The van der Waals surface area contributed by atoms with Crippen molar-refractivity contribution in [3.63, 3.8) is 0 Å². The third-order valence-corrected chi connectivity index (χ3v) is 4.94. The summed E-state index contributed by atoms with van der Waals surface area (Å²) >= 11 is 0. The molecule has 0 aromatic heterocycles. The van der Waals surface area contributed by atoms with E-state index in [4.69, 9.17) is 10.6 Å². The minimum Gasteiger partial charge on any atom is -0.689 e. The predicted octanol–water partition coefficient (Wildman–Crippen LogP) is 8.88. The molecule has 1 aliphatic rings. The van der Waals surface area contributed by atoms with Crippen LogP contribution in [0.15, 0.2) is 84.9 Å². The number of hydrogen-bond donors (Lipinski definition) is 0. The van der Waals surface area contributed by atoms with Gasteiger partial charge in [-0.1, -0.05) is 48.5 Å². The maximum Gasteiger partial charge on any atom is 0.0461 e. The van der Waals surface area contributed by atoms with Crippen LogP contribution in [0.4, 0.5) is 11.4 Å². The Hall–Kier alpha value is -2.40. The maximum absolute atomic E-state index is 4.88. The van der Waals surface area contributed by atoms with Gasteiger partial charge in [-0.05, 0) is 7.92 Å². The molecule has 0 aliphatic carbocycles. The Morgan fingerprint density at radius 1 is 0.588 bits per heavy atom. The zero-order valence-corrected chi connectivity index (χ0v) is 23.5. The third-order valence-electron chi connectivity index (χ3n) is 4.94. The molecule has 0 radical (unpaired) electrons. The number of fused-ring (bicyclic) bond motifs is 8. The van der Waals surface area contributed by atoms with Gasteiger partial charge in [-0.3, -0.25) is 0 Å². The molecule has 1 heterocycles. The Morgan fingerprint density at radius 3 is 1.38 bits per heavy atom. The molecule has 0 spiro atoms. The number of benzene rings is 4. The fourth-order valence-electron chi connectivity index (χ4n) is 3.55. The largest absolute Gasteiger partial charge is 0.689 e. The molecule has 4 aromatic carbocycles. The fourth-order valence-corrected chi connectivity index (χ4v) is 3.55. The van der Waals surface area contributed by atoms with E-state index in [0.717, 1.165) is 44.8 Å². The standard InChI is InChI=1S/C26H18N2.C3H9P.CH3.Pt/c1-3-13-25-23(11-1)21-9-5-7-19(15-21)18-28-26-14-4-2-12-24(26)22-10-6-8-20(16-22)17-27-25;1-4(2)3;;/h1-14H,17-18H2;1-3H3;1H3;/q-4;;-1;/p+1. The second-order valence-electron chi connectivity index (χ2n) is 8.35. The first kappa shape index (κ1) is 27.8. The Bertz CT molecular complexity index is 1100. The van der Waals surface area contributed by atoms with Gasteiger partial charge in [-0.2, -0.15) is 11.4 Å². The zero-order chi connectivity index (χ0) is 22.3. The van der Waals surface area contributed by atoms with E-state index in [2.05, 4.69) is 92.8 Å². The summed E-state index contributed by atoms with van der Waals surface area (Å²) in [6.45, 7) is 7.98. The van der Waals surface area contributed by atoms with Crippen molar-refractivity contribution in [3.8, 4) is 22.3 Å². The van der Waals surface area contributed by atoms with Gasteiger partial charge in [0.05, 0.1) is 0 Å². The topological polar surface area (TPSA) is 28.2 Å². The van der Waals surface area contributed by atoms with Crippen molar-refractivity contribution >= 4 is 19.3 Å². The molecule has 0 atom stereocenters. The predicted molar refractivity (Wildman–Crippen MR) is 147 cm³/mol. The molecule has 4 bridgehead atoms. The quantitative estimate of drug-likeness (QED) is 0.135. The summed E-state index contributed by atoms with van der Waals surface area (Å²) in [5.74, 6) is 0. The van der Waals surface area contributed by atoms with Crippen LogP contribution in [-0.2, 0) is 34.2 Å². The van der Waals surface area contributed by atoms with Crippen molar-refractivity contribution in [3.05, 3.63) is 126 Å². The van der Waals surface area contributed by atoms with Crippen LogP contribution in [0.1, 0.15) is 11.1 Å². The Balaban J connectivity index is 0.000000634. The zero-order valence-electron chi connectivity index (χ0n) is 20.2. The Labute approximate surface area is 221 Å². The van der Waals surface area contributed by atoms with Gasteiger partial charge in [-0.25, -0.2) is 0 Å². The van der Waals surface area contributed by atoms with Crippen LogP contribution in [0.25, 0.3) is 32.9 Å². The van der Waals surface area contributed by atoms with Crippen LogP contribution in [0, 0.1) is 19.6 Å². The maximum atomic E-state index is 4.88. The summed E-state index contributed by atoms with van der Waals surface area (Å²) in [7, 11) is 0.120. The van der Waals surface area contributed by atoms with Crippen molar-refractivity contribution in [1.29, 1.82) is 0 Å². The number of rotatable bonds is 0. The molecular weight excluding hydrogens is 614 g/mol. The van der Waals surface area contributed by atoms with Crippen molar-refractivity contribution in [2.45, 2.75) is 13.1 Å². The Morgan fingerprint density at radius 2 is 0.971 bits per heavy atom. The van der Waals surface area contributed by atoms with Crippen LogP contribution in [0.3, 0.4) is 0 Å². The van der Waals surface area contributed by atoms with Crippen LogP contribution < -0.4 is 0 Å². The van der Waals surface area contributed by atoms with E-state index in [-0.39, 0.29) is 36.4 Å². The first-order valence-corrected chi connectivity index (χ1v) is 13.9. The van der Waals surface area contributed by atoms with Crippen molar-refractivity contribution in [2.24, 2.45) is 0 Å². The van der Waals surface area contributed by atoms with Crippen LogP contribution in [0.2, 0.25) is 0 Å². The molecule has 0 fully saturated rings. The monoisotopic (exact) mass is 645 g/mol. The molecular formula is C30H31N2PPt-4. The molecule has 5 rings (SSSR count). The average molecular weight is 646 g/mol. The van der Waals surface area contributed by atoms with Gasteiger partial charge in [0.15, 0.2) is 0 Å². The third kappa shape index (κ3) is 7.30. The molecule has 0 saturated carbocycles. The summed E-state index contributed by atoms with van der Waals surface area (Å²) in [6, 6.07) is 36.0. The molecule has 34 heavy (non-hydrogen) atoms. The summed E-state index contributed by atoms with van der Waals surface area (Å²) in [5, 5.41) is 9.77. The molecule has 0 saturated heterocycles. The van der Waals surface area contributed by atoms with Gasteiger partial charge in [0.25, 0.3) is 0 Å². The molecule has 180 valence electrons. The fraction of sp³-hybridized carbons (Fsp3) is 0.167. The molecule has 1 aliphatic heterocycles. The smallest absolute Gasteiger partial charge is 0.0461 e. The van der Waals surface area contributed by atoms with E-state index in [0.29, 0.717) is 13.1 Å². The van der Waals surface area contributed by atoms with E-state index in [1.165, 1.54) is 0 Å². The van der Waals surface area contributed by atoms with E-state index < -0.39 is 0 Å². The summed E-state index contributed by atoms with van der Waals surface area (Å²) in [4.78, 5) is 0. The van der Waals surface area contributed by atoms with Gasteiger partial charge in [0, 0.05) is 41.1 Å². The molecule has 0 amide bonds. The molecule has 0 N–H and O–H groups in total. The normalized spacial score (nSPS) is 11.4. The van der Waals surface area contributed by atoms with Crippen LogP contribution in [-0.4, -0.2) is 20.0 Å². The summed E-state index contributed by atoms with van der Waals surface area (Å²) < 4.78 is 0. The second kappa shape index (κ2) is 13.5. The van der Waals surface area contributed by atoms with Gasteiger partial charge < -0.3 is 18.1 Å². The minimum atomic E-state index is 0. The number of hydrogen-bond acceptors (Lipinski definition) is 0. The van der Waals surface area contributed by atoms with Gasteiger partial charge in [0.1, 0.15) is 0 Å².